The van der Waals surface area contributed by atoms with Crippen molar-refractivity contribution in [3.63, 3.8) is 0 Å². The van der Waals surface area contributed by atoms with E-state index in [1.165, 1.54) is 24.0 Å². The predicted molar refractivity (Wildman–Crippen MR) is 107 cm³/mol. The van der Waals surface area contributed by atoms with Crippen LogP contribution in [0.5, 0.6) is 0 Å². The highest BCUT2D eigenvalue weighted by Gasteiger charge is 2.25. The first-order chi connectivity index (χ1) is 12.5. The molecule has 1 saturated heterocycles. The fourth-order valence-corrected chi connectivity index (χ4v) is 4.54. The number of nitrogens with one attached hydrogen (secondary N) is 1. The van der Waals surface area contributed by atoms with Gasteiger partial charge < -0.3 is 0 Å². The second-order valence-corrected chi connectivity index (χ2v) is 9.00. The van der Waals surface area contributed by atoms with Crippen molar-refractivity contribution in [2.75, 3.05) is 25.4 Å². The number of sulfonamides is 1. The smallest absolute Gasteiger partial charge is 0.211 e. The minimum Gasteiger partial charge on any atom is -0.295 e. The van der Waals surface area contributed by atoms with Gasteiger partial charge in [-0.05, 0) is 50.4 Å². The third-order valence-corrected chi connectivity index (χ3v) is 6.39. The van der Waals surface area contributed by atoms with Crippen LogP contribution in [0.4, 0.5) is 0 Å². The average Bonchev–Trinajstić information content (AvgIpc) is 3.17. The zero-order valence-electron chi connectivity index (χ0n) is 15.4. The standard InChI is InChI=1S/C21H28N2O2S/c1-18-9-11-20(12-10-18)21(23-14-5-6-15-23)17-22-26(24,25)16-13-19-7-3-2-4-8-19/h2-4,7-12,21-22H,5-6,13-17H2,1H3. The highest BCUT2D eigenvalue weighted by atomic mass is 32.2. The maximum absolute atomic E-state index is 12.5. The Labute approximate surface area is 157 Å². The summed E-state index contributed by atoms with van der Waals surface area (Å²) in [6, 6.07) is 18.3. The second kappa shape index (κ2) is 8.80. The fraction of sp³-hybridized carbons (Fsp3) is 0.429. The molecule has 0 aromatic heterocycles. The number of benzene rings is 2. The van der Waals surface area contributed by atoms with Gasteiger partial charge in [0.05, 0.1) is 5.75 Å². The molecule has 1 N–H and O–H groups in total. The first-order valence-electron chi connectivity index (χ1n) is 9.35. The van der Waals surface area contributed by atoms with Gasteiger partial charge in [0.25, 0.3) is 0 Å². The lowest BCUT2D eigenvalue weighted by atomic mass is 10.0. The number of rotatable bonds is 8. The number of aryl methyl sites for hydroxylation is 2. The Kier molecular flexibility index (Phi) is 6.46. The van der Waals surface area contributed by atoms with Crippen LogP contribution >= 0.6 is 0 Å². The third kappa shape index (κ3) is 5.40. The number of hydrogen-bond donors (Lipinski definition) is 1. The van der Waals surface area contributed by atoms with Gasteiger partial charge in [-0.2, -0.15) is 0 Å². The zero-order chi connectivity index (χ0) is 18.4. The van der Waals surface area contributed by atoms with E-state index in [1.807, 2.05) is 30.3 Å². The summed E-state index contributed by atoms with van der Waals surface area (Å²) in [6.07, 6.45) is 2.90. The van der Waals surface area contributed by atoms with Crippen molar-refractivity contribution in [2.24, 2.45) is 0 Å². The third-order valence-electron chi connectivity index (χ3n) is 5.04. The summed E-state index contributed by atoms with van der Waals surface area (Å²) in [7, 11) is -3.30. The normalized spacial score (nSPS) is 16.7. The molecule has 0 aliphatic carbocycles. The maximum atomic E-state index is 12.5. The van der Waals surface area contributed by atoms with Crippen LogP contribution in [-0.4, -0.2) is 38.7 Å². The van der Waals surface area contributed by atoms with E-state index in [9.17, 15) is 8.42 Å². The molecular formula is C21H28N2O2S. The molecule has 2 aromatic carbocycles. The lowest BCUT2D eigenvalue weighted by Crippen LogP contribution is -2.38. The molecule has 0 amide bonds. The van der Waals surface area contributed by atoms with E-state index in [0.29, 0.717) is 13.0 Å². The van der Waals surface area contributed by atoms with Gasteiger partial charge in [-0.3, -0.25) is 4.90 Å². The highest BCUT2D eigenvalue weighted by molar-refractivity contribution is 7.89. The van der Waals surface area contributed by atoms with Crippen molar-refractivity contribution in [1.82, 2.24) is 9.62 Å². The highest BCUT2D eigenvalue weighted by Crippen LogP contribution is 2.25. The van der Waals surface area contributed by atoms with Gasteiger partial charge >= 0.3 is 0 Å². The van der Waals surface area contributed by atoms with Crippen LogP contribution in [0.3, 0.4) is 0 Å². The van der Waals surface area contributed by atoms with Crippen LogP contribution in [0.1, 0.15) is 35.6 Å². The van der Waals surface area contributed by atoms with Crippen LogP contribution < -0.4 is 4.72 Å². The molecule has 0 bridgehead atoms. The molecule has 1 aliphatic heterocycles. The first kappa shape index (κ1) is 19.1. The monoisotopic (exact) mass is 372 g/mol. The molecule has 3 rings (SSSR count). The lowest BCUT2D eigenvalue weighted by molar-refractivity contribution is 0.246. The summed E-state index contributed by atoms with van der Waals surface area (Å²) in [5.74, 6) is 0.123. The van der Waals surface area contributed by atoms with Gasteiger partial charge in [-0.15, -0.1) is 0 Å². The minimum atomic E-state index is -3.30. The molecule has 1 aliphatic rings. The van der Waals surface area contributed by atoms with Crippen molar-refractivity contribution >= 4 is 10.0 Å². The average molecular weight is 373 g/mol. The molecule has 140 valence electrons. The molecule has 1 heterocycles. The summed E-state index contributed by atoms with van der Waals surface area (Å²) in [6.45, 7) is 4.57. The number of nitrogens with zero attached hydrogens (tertiary/aromatic N) is 1. The molecule has 1 atom stereocenters. The molecule has 1 unspecified atom stereocenters. The summed E-state index contributed by atoms with van der Waals surface area (Å²) in [4.78, 5) is 2.39. The summed E-state index contributed by atoms with van der Waals surface area (Å²) < 4.78 is 27.8. The molecule has 4 nitrogen and oxygen atoms in total. The van der Waals surface area contributed by atoms with Crippen molar-refractivity contribution in [2.45, 2.75) is 32.2 Å². The van der Waals surface area contributed by atoms with Gasteiger partial charge in [-0.25, -0.2) is 13.1 Å². The Balaban J connectivity index is 1.63. The van der Waals surface area contributed by atoms with Crippen LogP contribution in [-0.2, 0) is 16.4 Å². The molecule has 0 saturated carbocycles. The van der Waals surface area contributed by atoms with E-state index >= 15 is 0 Å². The van der Waals surface area contributed by atoms with Crippen LogP contribution in [0.25, 0.3) is 0 Å². The Morgan fingerprint density at radius 2 is 1.65 bits per heavy atom. The van der Waals surface area contributed by atoms with Crippen molar-refractivity contribution in [3.05, 3.63) is 71.3 Å². The van der Waals surface area contributed by atoms with Gasteiger partial charge in [-0.1, -0.05) is 60.2 Å². The van der Waals surface area contributed by atoms with Crippen molar-refractivity contribution < 1.29 is 8.42 Å². The Morgan fingerprint density at radius 3 is 2.31 bits per heavy atom. The number of likely N-dealkylation sites (tertiary alicyclic amines) is 1. The van der Waals surface area contributed by atoms with E-state index in [-0.39, 0.29) is 11.8 Å². The fourth-order valence-electron chi connectivity index (χ4n) is 3.47. The summed E-state index contributed by atoms with van der Waals surface area (Å²) in [5, 5.41) is 0. The predicted octanol–water partition coefficient (Wildman–Crippen LogP) is 3.29. The topological polar surface area (TPSA) is 49.4 Å². The Bertz CT molecular complexity index is 783. The van der Waals surface area contributed by atoms with Crippen LogP contribution in [0.2, 0.25) is 0 Å². The lowest BCUT2D eigenvalue weighted by Gasteiger charge is -2.28. The molecule has 1 fully saturated rings. The second-order valence-electron chi connectivity index (χ2n) is 7.07. The minimum absolute atomic E-state index is 0.101. The van der Waals surface area contributed by atoms with Gasteiger partial charge in [0.1, 0.15) is 0 Å². The van der Waals surface area contributed by atoms with E-state index in [1.54, 1.807) is 0 Å². The first-order valence-corrected chi connectivity index (χ1v) is 11.0. The molecule has 26 heavy (non-hydrogen) atoms. The SMILES string of the molecule is Cc1ccc(C(CNS(=O)(=O)CCc2ccccc2)N2CCCC2)cc1. The van der Waals surface area contributed by atoms with E-state index in [4.69, 9.17) is 0 Å². The van der Waals surface area contributed by atoms with Crippen LogP contribution in [0, 0.1) is 6.92 Å². The van der Waals surface area contributed by atoms with E-state index < -0.39 is 10.0 Å². The maximum Gasteiger partial charge on any atom is 0.211 e. The molecule has 2 aromatic rings. The van der Waals surface area contributed by atoms with Gasteiger partial charge in [0, 0.05) is 12.6 Å². The molecule has 0 radical (unpaired) electrons. The van der Waals surface area contributed by atoms with Gasteiger partial charge in [0.2, 0.25) is 10.0 Å². The Hall–Kier alpha value is -1.69. The van der Waals surface area contributed by atoms with Crippen LogP contribution in [0.15, 0.2) is 54.6 Å². The largest absolute Gasteiger partial charge is 0.295 e. The Morgan fingerprint density at radius 1 is 1.00 bits per heavy atom. The summed E-state index contributed by atoms with van der Waals surface area (Å²) >= 11 is 0. The quantitative estimate of drug-likeness (QED) is 0.773. The molecule has 5 heteroatoms. The van der Waals surface area contributed by atoms with Gasteiger partial charge in [0.15, 0.2) is 0 Å². The van der Waals surface area contributed by atoms with Crippen molar-refractivity contribution in [3.8, 4) is 0 Å². The van der Waals surface area contributed by atoms with E-state index in [0.717, 1.165) is 18.7 Å². The molecular weight excluding hydrogens is 344 g/mol. The van der Waals surface area contributed by atoms with Crippen molar-refractivity contribution in [1.29, 1.82) is 0 Å². The molecule has 0 spiro atoms. The van der Waals surface area contributed by atoms with E-state index in [2.05, 4.69) is 40.8 Å². The summed E-state index contributed by atoms with van der Waals surface area (Å²) in [5.41, 5.74) is 3.45. The zero-order valence-corrected chi connectivity index (χ0v) is 16.2. The number of hydrogen-bond acceptors (Lipinski definition) is 3.